The smallest absolute Gasteiger partial charge is 0.449 e. The maximum atomic E-state index is 11.4. The molecule has 4 aliphatic rings. The number of carbonyl (C=O) groups excluding carboxylic acids is 4. The summed E-state index contributed by atoms with van der Waals surface area (Å²) in [7, 11) is 0. The molecule has 31 heteroatoms. The van der Waals surface area contributed by atoms with E-state index in [2.05, 4.69) is 29.0 Å². The van der Waals surface area contributed by atoms with Crippen LogP contribution in [0.5, 0.6) is 0 Å². The summed E-state index contributed by atoms with van der Waals surface area (Å²) in [5, 5.41) is 77.5. The third-order valence-corrected chi connectivity index (χ3v) is 8.69. The van der Waals surface area contributed by atoms with Crippen LogP contribution in [0.25, 0.3) is 0 Å². The number of nitrogens with one attached hydrogen (secondary N) is 1. The number of likely N-dealkylation sites (N-methyl/N-ethyl adjacent to an activating group) is 1. The van der Waals surface area contributed by atoms with Gasteiger partial charge in [-0.1, -0.05) is 33.0 Å². The number of epoxide rings is 4. The van der Waals surface area contributed by atoms with E-state index in [4.69, 9.17) is 20.4 Å². The van der Waals surface area contributed by atoms with E-state index in [-0.39, 0.29) is 27.0 Å². The van der Waals surface area contributed by atoms with Crippen molar-refractivity contribution in [1.82, 2.24) is 5.32 Å². The van der Waals surface area contributed by atoms with Crippen molar-refractivity contribution in [3.05, 3.63) is 40.5 Å². The number of amides is 1. The molecule has 4 aliphatic heterocycles. The minimum absolute atomic E-state index is 0. The maximum absolute atomic E-state index is 11.4. The van der Waals surface area contributed by atoms with Crippen molar-refractivity contribution in [2.75, 3.05) is 18.9 Å². The Balaban J connectivity index is 0.000000770. The summed E-state index contributed by atoms with van der Waals surface area (Å²) in [6.07, 6.45) is -6.95. The number of rotatable bonds is 20. The molecule has 60 heavy (non-hydrogen) atoms. The molecule has 5 N–H and O–H groups in total. The highest BCUT2D eigenvalue weighted by Crippen LogP contribution is 2.44. The molecule has 4 saturated heterocycles. The number of ketones is 1. The van der Waals surface area contributed by atoms with Gasteiger partial charge in [-0.15, -0.1) is 0 Å². The minimum Gasteiger partial charge on any atom is -0.481 e. The van der Waals surface area contributed by atoms with Gasteiger partial charge < -0.3 is 30.5 Å². The number of hydrogen-bond donors (Lipinski definition) is 5. The molecule has 0 spiro atoms. The van der Waals surface area contributed by atoms with Crippen molar-refractivity contribution in [3.8, 4) is 0 Å². The number of carboxylic acids is 4. The molecule has 0 aromatic heterocycles. The van der Waals surface area contributed by atoms with Crippen LogP contribution in [0.15, 0.2) is 0 Å². The fourth-order valence-corrected chi connectivity index (χ4v) is 5.60. The van der Waals surface area contributed by atoms with E-state index in [9.17, 15) is 78.8 Å². The Labute approximate surface area is 339 Å². The van der Waals surface area contributed by atoms with E-state index in [1.165, 1.54) is 13.8 Å². The quantitative estimate of drug-likeness (QED) is 0.0420. The monoisotopic (exact) mass is 891 g/mol. The van der Waals surface area contributed by atoms with Crippen LogP contribution < -0.4 is 5.32 Å². The summed E-state index contributed by atoms with van der Waals surface area (Å²) in [6, 6.07) is 0. The number of carboxylic acid groups (broad SMARTS) is 4. The van der Waals surface area contributed by atoms with Crippen molar-refractivity contribution in [2.24, 2.45) is 0 Å². The average Bonchev–Trinajstić information content (AvgIpc) is 3.96. The van der Waals surface area contributed by atoms with Crippen LogP contribution in [-0.2, 0) is 62.0 Å². The maximum Gasteiger partial charge on any atom is 0.449 e. The lowest BCUT2D eigenvalue weighted by Gasteiger charge is -2.03. The van der Waals surface area contributed by atoms with E-state index >= 15 is 0 Å². The number of Topliss-reactive ketones (excluding diaryl/α,β-unsaturated/α-hetero) is 1. The van der Waals surface area contributed by atoms with Gasteiger partial charge in [0, 0.05) is 13.0 Å². The average molecular weight is 892 g/mol. The Morgan fingerprint density at radius 1 is 0.600 bits per heavy atom. The van der Waals surface area contributed by atoms with E-state index in [1.54, 1.807) is 13.8 Å². The predicted octanol–water partition coefficient (Wildman–Crippen LogP) is -1.07. The van der Waals surface area contributed by atoms with Gasteiger partial charge in [0.1, 0.15) is 0 Å². The third kappa shape index (κ3) is 12.2. The number of aliphatic carboxylic acids is 4. The number of nitro groups is 4. The van der Waals surface area contributed by atoms with E-state index in [1.807, 2.05) is 0 Å². The molecule has 4 heterocycles. The van der Waals surface area contributed by atoms with Crippen molar-refractivity contribution >= 4 is 58.4 Å². The number of hydrogen-bond acceptors (Lipinski definition) is 22. The fourth-order valence-electron chi connectivity index (χ4n) is 4.88. The van der Waals surface area contributed by atoms with E-state index in [0.717, 1.165) is 11.8 Å². The zero-order valence-corrected chi connectivity index (χ0v) is 31.8. The second-order valence-electron chi connectivity index (χ2n) is 11.7. The Bertz CT molecular complexity index is 1600. The molecule has 4 rings (SSSR count). The van der Waals surface area contributed by atoms with Gasteiger partial charge in [-0.3, -0.25) is 93.0 Å². The SMILES string of the molecule is C.CCC(=O)C1([N+](=O)[O-])OC1CC(=O)O.CCNC(=O)C1([N+](=O)[O-])OC1CC(=O)O.CCOC(=O)C1([N+](=O)[O-])OC1CC(=O)O.CCSC(=O)C1([N+](=O)[O-])OC1CC(=O)O. The highest BCUT2D eigenvalue weighted by molar-refractivity contribution is 8.13. The van der Waals surface area contributed by atoms with Gasteiger partial charge in [0.05, 0.1) is 52.0 Å². The molecule has 338 valence electrons. The first-order valence-electron chi connectivity index (χ1n) is 16.6. The van der Waals surface area contributed by atoms with Gasteiger partial charge >= 0.3 is 58.7 Å². The van der Waals surface area contributed by atoms with Crippen LogP contribution in [0.4, 0.5) is 0 Å². The molecule has 0 saturated carbocycles. The number of ether oxygens (including phenoxy) is 5. The zero-order valence-electron chi connectivity index (χ0n) is 31.0. The molecule has 0 aliphatic carbocycles. The first-order chi connectivity index (χ1) is 27.3. The van der Waals surface area contributed by atoms with Gasteiger partial charge in [-0.05, 0) is 19.6 Å². The summed E-state index contributed by atoms with van der Waals surface area (Å²) < 4.78 is 22.8. The lowest BCUT2D eigenvalue weighted by Crippen LogP contribution is -2.45. The van der Waals surface area contributed by atoms with Crippen LogP contribution in [0, 0.1) is 40.5 Å². The van der Waals surface area contributed by atoms with E-state index < -0.39 is 139 Å². The minimum atomic E-state index is -2.31. The highest BCUT2D eigenvalue weighted by atomic mass is 32.2. The summed E-state index contributed by atoms with van der Waals surface area (Å²) in [6.45, 7) is 6.41. The molecule has 0 aromatic rings. The number of nitrogens with zero attached hydrogens (tertiary/aromatic N) is 4. The number of carbonyl (C=O) groups is 8. The van der Waals surface area contributed by atoms with Gasteiger partial charge in [0.15, 0.2) is 24.4 Å². The molecule has 0 bridgehead atoms. The van der Waals surface area contributed by atoms with Crippen molar-refractivity contribution in [2.45, 2.75) is 115 Å². The van der Waals surface area contributed by atoms with Crippen LogP contribution in [0.2, 0.25) is 0 Å². The van der Waals surface area contributed by atoms with Gasteiger partial charge in [-0.2, -0.15) is 0 Å². The second-order valence-corrected chi connectivity index (χ2v) is 12.9. The van der Waals surface area contributed by atoms with Crippen LogP contribution in [-0.4, -0.2) is 153 Å². The Morgan fingerprint density at radius 2 is 0.933 bits per heavy atom. The van der Waals surface area contributed by atoms with Crippen molar-refractivity contribution < 1.29 is 102 Å². The highest BCUT2D eigenvalue weighted by Gasteiger charge is 2.78. The first-order valence-corrected chi connectivity index (χ1v) is 17.6. The standard InChI is InChI=1S/C7H10N2O6.C7H9NO7.C7H9NO6S.C7H9NO6.CH4/c1-2-8-6(12)7(9(13)14)4(15-7)3-5(10)11;1-2-14-6(11)7(8(12)13)4(15-7)3-5(9)10;1-2-15-6(11)7(8(12)13)4(14-7)3-5(9)10;1-2-4(9)7(8(12)13)5(14-7)3-6(10)11;/h4H,2-3H2,1H3,(H,8,12)(H,10,11);2*4H,2-3H2,1H3,(H,9,10);5H,2-3H2,1H3,(H,10,11);1H4. The van der Waals surface area contributed by atoms with Crippen LogP contribution in [0.3, 0.4) is 0 Å². The largest absolute Gasteiger partial charge is 0.481 e. The molecule has 4 fully saturated rings. The zero-order chi connectivity index (χ0) is 45.8. The van der Waals surface area contributed by atoms with Crippen molar-refractivity contribution in [1.29, 1.82) is 0 Å². The number of esters is 1. The molecule has 0 aromatic carbocycles. The predicted molar refractivity (Wildman–Crippen MR) is 188 cm³/mol. The molecule has 8 atom stereocenters. The van der Waals surface area contributed by atoms with E-state index in [0.29, 0.717) is 5.75 Å². The van der Waals surface area contributed by atoms with Crippen molar-refractivity contribution in [3.63, 3.8) is 0 Å². The summed E-state index contributed by atoms with van der Waals surface area (Å²) >= 11 is 0.761. The summed E-state index contributed by atoms with van der Waals surface area (Å²) in [4.78, 5) is 125. The molecule has 0 radical (unpaired) electrons. The van der Waals surface area contributed by atoms with Crippen LogP contribution >= 0.6 is 11.8 Å². The Morgan fingerprint density at radius 3 is 1.27 bits per heavy atom. The molecular weight excluding hydrogens is 850 g/mol. The summed E-state index contributed by atoms with van der Waals surface area (Å²) in [5.41, 5.74) is -8.73. The Hall–Kier alpha value is -6.05. The number of thioether (sulfide) groups is 1. The van der Waals surface area contributed by atoms with Crippen LogP contribution in [0.1, 0.15) is 67.2 Å². The lowest BCUT2D eigenvalue weighted by atomic mass is 10.1. The Kier molecular flexibility index (Phi) is 19.6. The lowest BCUT2D eigenvalue weighted by molar-refractivity contribution is -0.549. The second kappa shape index (κ2) is 21.8. The topological polar surface area (TPSA) is 461 Å². The molecule has 1 amide bonds. The fraction of sp³-hybridized carbons (Fsp3) is 0.724. The molecule has 8 unspecified atom stereocenters. The van der Waals surface area contributed by atoms with Gasteiger partial charge in [0.25, 0.3) is 5.12 Å². The first kappa shape index (κ1) is 54.0. The van der Waals surface area contributed by atoms with Gasteiger partial charge in [0.2, 0.25) is 5.78 Å². The third-order valence-electron chi connectivity index (χ3n) is 7.85. The summed E-state index contributed by atoms with van der Waals surface area (Å²) in [5.74, 6) is -7.31. The van der Waals surface area contributed by atoms with Gasteiger partial charge in [-0.25, -0.2) is 4.79 Å². The molecular formula is C29H41N5O25S. The normalized spacial score (nSPS) is 28.1. The molecule has 30 nitrogen and oxygen atoms in total.